The molecule has 3 aromatic carbocycles. The van der Waals surface area contributed by atoms with E-state index in [2.05, 4.69) is 0 Å². The molecule has 132 valence electrons. The number of benzene rings is 3. The van der Waals surface area contributed by atoms with Gasteiger partial charge in [0.1, 0.15) is 29.0 Å². The molecule has 0 spiro atoms. The van der Waals surface area contributed by atoms with Crippen LogP contribution in [-0.4, -0.2) is 11.3 Å². The second-order valence-corrected chi connectivity index (χ2v) is 8.99. The summed E-state index contributed by atoms with van der Waals surface area (Å²) >= 11 is 0. The van der Waals surface area contributed by atoms with Gasteiger partial charge < -0.3 is 5.11 Å². The van der Waals surface area contributed by atoms with Gasteiger partial charge in [-0.15, -0.1) is 0 Å². The van der Waals surface area contributed by atoms with Gasteiger partial charge in [0.2, 0.25) is 5.76 Å². The first-order valence-corrected chi connectivity index (χ1v) is 9.85. The minimum absolute atomic E-state index is 0.744. The highest BCUT2D eigenvalue weighted by molar-refractivity contribution is 7.98. The van der Waals surface area contributed by atoms with Gasteiger partial charge in [-0.05, 0) is 36.4 Å². The van der Waals surface area contributed by atoms with Crippen LogP contribution in [0, 0.1) is 0 Å². The van der Waals surface area contributed by atoms with Gasteiger partial charge in [-0.25, -0.2) is 0 Å². The molecule has 0 aliphatic rings. The van der Waals surface area contributed by atoms with Crippen molar-refractivity contribution in [3.63, 3.8) is 0 Å². The summed E-state index contributed by atoms with van der Waals surface area (Å²) in [4.78, 5) is 0. The summed E-state index contributed by atoms with van der Waals surface area (Å²) in [6, 6.07) is 27.1. The Hall–Kier alpha value is -2.58. The molecule has 0 fully saturated rings. The fourth-order valence-corrected chi connectivity index (χ4v) is 6.70. The zero-order chi connectivity index (χ0) is 18.6. The number of aliphatic hydroxyl groups is 1. The lowest BCUT2D eigenvalue weighted by Crippen LogP contribution is -2.30. The van der Waals surface area contributed by atoms with E-state index in [1.54, 1.807) is 36.4 Å². The topological polar surface area (TPSA) is 20.2 Å². The molecular weight excluding hydrogens is 356 g/mol. The Morgan fingerprint density at radius 2 is 0.962 bits per heavy atom. The minimum atomic E-state index is -4.80. The summed E-state index contributed by atoms with van der Waals surface area (Å²) in [5.74, 6) is -0.560. The minimum Gasteiger partial charge on any atom is -0.502 e. The molecule has 0 atom stereocenters. The van der Waals surface area contributed by atoms with E-state index >= 15 is 0 Å². The van der Waals surface area contributed by atoms with Crippen molar-refractivity contribution in [2.45, 2.75) is 6.18 Å². The Balaban J connectivity index is 2.40. The third-order valence-corrected chi connectivity index (χ3v) is 8.07. The van der Waals surface area contributed by atoms with Crippen LogP contribution in [0.1, 0.15) is 0 Å². The molecule has 0 unspecified atom stereocenters. The van der Waals surface area contributed by atoms with Crippen molar-refractivity contribution in [2.75, 3.05) is 0 Å². The highest BCUT2D eigenvalue weighted by Crippen LogP contribution is 2.58. The number of rotatable bonds is 4. The monoisotopic (exact) mass is 373 g/mol. The van der Waals surface area contributed by atoms with Gasteiger partial charge in [0.05, 0.1) is 0 Å². The van der Waals surface area contributed by atoms with E-state index in [4.69, 9.17) is 0 Å². The lowest BCUT2D eigenvalue weighted by Gasteiger charge is -2.24. The lowest BCUT2D eigenvalue weighted by molar-refractivity contribution is -0.120. The fraction of sp³-hybridized carbons (Fsp3) is 0.0476. The number of allylic oxidation sites excluding steroid dienone is 1. The molecule has 0 aliphatic carbocycles. The Morgan fingerprint density at radius 1 is 0.654 bits per heavy atom. The van der Waals surface area contributed by atoms with Gasteiger partial charge in [-0.3, -0.25) is 0 Å². The third-order valence-electron chi connectivity index (χ3n) is 4.10. The molecule has 0 aromatic heterocycles. The van der Waals surface area contributed by atoms with Gasteiger partial charge in [0.15, 0.2) is 0 Å². The van der Waals surface area contributed by atoms with E-state index in [1.165, 1.54) is 0 Å². The van der Waals surface area contributed by atoms with Crippen molar-refractivity contribution < 1.29 is 18.3 Å². The molecule has 0 aliphatic heterocycles. The van der Waals surface area contributed by atoms with E-state index < -0.39 is 19.2 Å². The smallest absolute Gasteiger partial charge is 0.452 e. The molecule has 0 radical (unpaired) electrons. The molecule has 0 bridgehead atoms. The number of alkyl halides is 3. The largest absolute Gasteiger partial charge is 0.502 e. The summed E-state index contributed by atoms with van der Waals surface area (Å²) in [5.41, 5.74) is 0. The van der Waals surface area contributed by atoms with E-state index in [0.29, 0.717) is 0 Å². The highest BCUT2D eigenvalue weighted by Gasteiger charge is 2.48. The molecule has 26 heavy (non-hydrogen) atoms. The van der Waals surface area contributed by atoms with Crippen molar-refractivity contribution in [3.05, 3.63) is 103 Å². The molecule has 0 saturated carbocycles. The quantitative estimate of drug-likeness (QED) is 0.507. The van der Waals surface area contributed by atoms with Crippen LogP contribution in [0.5, 0.6) is 0 Å². The first kappa shape index (κ1) is 18.2. The number of halogens is 3. The zero-order valence-electron chi connectivity index (χ0n) is 13.8. The van der Waals surface area contributed by atoms with Crippen LogP contribution in [0.2, 0.25) is 0 Å². The van der Waals surface area contributed by atoms with Crippen LogP contribution < -0.4 is 15.9 Å². The predicted octanol–water partition coefficient (Wildman–Crippen LogP) is 4.94. The maximum atomic E-state index is 13.2. The number of hydrogen-bond acceptors (Lipinski definition) is 1. The second-order valence-electron chi connectivity index (χ2n) is 5.74. The molecule has 5 heteroatoms. The van der Waals surface area contributed by atoms with Crippen molar-refractivity contribution in [1.29, 1.82) is 0 Å². The van der Waals surface area contributed by atoms with Crippen molar-refractivity contribution in [1.82, 2.24) is 0 Å². The Kier molecular flexibility index (Phi) is 5.15. The van der Waals surface area contributed by atoms with E-state index in [-0.39, 0.29) is 0 Å². The first-order valence-electron chi connectivity index (χ1n) is 7.99. The van der Waals surface area contributed by atoms with Crippen LogP contribution in [0.15, 0.2) is 103 Å². The summed E-state index contributed by atoms with van der Waals surface area (Å²) in [6.45, 7) is 0. The highest BCUT2D eigenvalue weighted by atomic mass is 31.2. The van der Waals surface area contributed by atoms with E-state index in [9.17, 15) is 18.3 Å². The summed E-state index contributed by atoms with van der Waals surface area (Å²) in [5, 5.41) is 12.1. The van der Waals surface area contributed by atoms with Gasteiger partial charge in [0, 0.05) is 0 Å². The average Bonchev–Trinajstić information content (AvgIpc) is 2.67. The van der Waals surface area contributed by atoms with Gasteiger partial charge >= 0.3 is 6.18 Å². The maximum Gasteiger partial charge on any atom is 0.452 e. The third kappa shape index (κ3) is 3.51. The van der Waals surface area contributed by atoms with E-state index in [1.807, 2.05) is 54.6 Å². The zero-order valence-corrected chi connectivity index (χ0v) is 14.7. The average molecular weight is 373 g/mol. The Bertz CT molecular complexity index is 779. The van der Waals surface area contributed by atoms with Crippen LogP contribution in [-0.2, 0) is 0 Å². The summed E-state index contributed by atoms with van der Waals surface area (Å²) in [7, 11) is -2.84. The Morgan fingerprint density at radius 3 is 1.23 bits per heavy atom. The van der Waals surface area contributed by atoms with Crippen LogP contribution in [0.3, 0.4) is 0 Å². The normalized spacial score (nSPS) is 12.8. The second kappa shape index (κ2) is 7.35. The summed E-state index contributed by atoms with van der Waals surface area (Å²) < 4.78 is 39.7. The van der Waals surface area contributed by atoms with Crippen LogP contribution in [0.25, 0.3) is 0 Å². The van der Waals surface area contributed by atoms with Crippen molar-refractivity contribution in [3.8, 4) is 0 Å². The van der Waals surface area contributed by atoms with Gasteiger partial charge in [0.25, 0.3) is 0 Å². The van der Waals surface area contributed by atoms with Gasteiger partial charge in [-0.2, -0.15) is 13.2 Å². The molecular formula is C21H17F3OP+. The maximum absolute atomic E-state index is 13.2. The molecule has 1 N–H and O–H groups in total. The van der Waals surface area contributed by atoms with Crippen molar-refractivity contribution >= 4 is 23.2 Å². The fourth-order valence-electron chi connectivity index (χ4n) is 2.92. The standard InChI is InChI=1S/C21H16F3OP/c22-21(23,24)20(25)16-26(17-10-4-1-5-11-17,18-12-6-2-7-13-18)19-14-8-3-9-15-19/h1-16H/p+1/b20-16-. The molecule has 1 nitrogen and oxygen atoms in total. The molecule has 3 rings (SSSR count). The van der Waals surface area contributed by atoms with Crippen molar-refractivity contribution in [2.24, 2.45) is 0 Å². The van der Waals surface area contributed by atoms with Crippen LogP contribution >= 0.6 is 7.26 Å². The van der Waals surface area contributed by atoms with Crippen LogP contribution in [0.4, 0.5) is 13.2 Å². The summed E-state index contributed by atoms with van der Waals surface area (Å²) in [6.07, 6.45) is -4.80. The van der Waals surface area contributed by atoms with E-state index in [0.717, 1.165) is 21.7 Å². The number of hydrogen-bond donors (Lipinski definition) is 1. The van der Waals surface area contributed by atoms with Gasteiger partial charge in [-0.1, -0.05) is 54.6 Å². The SMILES string of the molecule is O/C(=C\[P+](c1ccccc1)(c1ccccc1)c1ccccc1)C(F)(F)F. The predicted molar refractivity (Wildman–Crippen MR) is 102 cm³/mol. The first-order chi connectivity index (χ1) is 12.4. The Labute approximate surface area is 150 Å². The molecule has 0 amide bonds. The number of aliphatic hydroxyl groups excluding tert-OH is 1. The lowest BCUT2D eigenvalue weighted by atomic mass is 10.4. The molecule has 0 saturated heterocycles. The molecule has 0 heterocycles. The molecule has 3 aromatic rings.